The summed E-state index contributed by atoms with van der Waals surface area (Å²) in [6, 6.07) is 0.335. The summed E-state index contributed by atoms with van der Waals surface area (Å²) in [7, 11) is 0. The molecule has 1 aromatic rings. The summed E-state index contributed by atoms with van der Waals surface area (Å²) in [6.45, 7) is 8.32. The lowest BCUT2D eigenvalue weighted by Gasteiger charge is -2.19. The molecule has 4 heteroatoms. The van der Waals surface area contributed by atoms with E-state index >= 15 is 0 Å². The minimum Gasteiger partial charge on any atom is -0.309 e. The van der Waals surface area contributed by atoms with Crippen molar-refractivity contribution < 1.29 is 0 Å². The van der Waals surface area contributed by atoms with Gasteiger partial charge in [0.15, 0.2) is 0 Å². The molecule has 1 N–H and O–H groups in total. The average Bonchev–Trinajstić information content (AvgIpc) is 2.74. The first kappa shape index (κ1) is 15.5. The van der Waals surface area contributed by atoms with Gasteiger partial charge in [0.1, 0.15) is 0 Å². The maximum atomic E-state index is 6.27. The Morgan fingerprint density at radius 3 is 2.67 bits per heavy atom. The molecule has 1 unspecified atom stereocenters. The molecule has 0 aromatic carbocycles. The second-order valence-corrected chi connectivity index (χ2v) is 5.06. The Morgan fingerprint density at radius 1 is 1.28 bits per heavy atom. The molecule has 0 aliphatic carbocycles. The van der Waals surface area contributed by atoms with Crippen molar-refractivity contribution in [3.63, 3.8) is 0 Å². The molecule has 3 nitrogen and oxygen atoms in total. The smallest absolute Gasteiger partial charge is 0.0834 e. The normalized spacial score (nSPS) is 12.9. The number of hydrogen-bond acceptors (Lipinski definition) is 2. The minimum absolute atomic E-state index is 0.335. The van der Waals surface area contributed by atoms with Crippen LogP contribution < -0.4 is 5.32 Å². The summed E-state index contributed by atoms with van der Waals surface area (Å²) in [6.07, 6.45) is 8.04. The number of hydrogen-bond donors (Lipinski definition) is 1. The van der Waals surface area contributed by atoms with E-state index in [0.29, 0.717) is 6.04 Å². The molecule has 0 bridgehead atoms. The fraction of sp³-hybridized carbons (Fsp3) is 0.786. The summed E-state index contributed by atoms with van der Waals surface area (Å²) in [4.78, 5) is 0. The first-order valence-corrected chi connectivity index (χ1v) is 7.56. The molecule has 0 saturated heterocycles. The lowest BCUT2D eigenvalue weighted by molar-refractivity contribution is 0.445. The highest BCUT2D eigenvalue weighted by molar-refractivity contribution is 6.31. The zero-order valence-corrected chi connectivity index (χ0v) is 12.6. The second-order valence-electron chi connectivity index (χ2n) is 4.65. The molecule has 0 spiro atoms. The molecule has 1 atom stereocenters. The zero-order chi connectivity index (χ0) is 13.4. The number of nitrogens with zero attached hydrogens (tertiary/aromatic N) is 2. The third kappa shape index (κ3) is 4.29. The van der Waals surface area contributed by atoms with E-state index in [0.717, 1.165) is 30.2 Å². The minimum atomic E-state index is 0.335. The SMILES string of the molecule is CCCCCCC(NCC)c1c(Cl)cnn1CC. The summed E-state index contributed by atoms with van der Waals surface area (Å²) < 4.78 is 2.01. The summed E-state index contributed by atoms with van der Waals surface area (Å²) in [5, 5.41) is 8.65. The highest BCUT2D eigenvalue weighted by Crippen LogP contribution is 2.27. The van der Waals surface area contributed by atoms with Crippen LogP contribution in [0, 0.1) is 0 Å². The highest BCUT2D eigenvalue weighted by atomic mass is 35.5. The average molecular weight is 272 g/mol. The molecule has 0 aliphatic rings. The Morgan fingerprint density at radius 2 is 2.06 bits per heavy atom. The molecule has 0 saturated carbocycles. The topological polar surface area (TPSA) is 29.9 Å². The van der Waals surface area contributed by atoms with Gasteiger partial charge in [-0.2, -0.15) is 5.10 Å². The van der Waals surface area contributed by atoms with Crippen molar-refractivity contribution in [3.05, 3.63) is 16.9 Å². The number of halogens is 1. The van der Waals surface area contributed by atoms with Crippen LogP contribution in [0.1, 0.15) is 64.6 Å². The molecule has 18 heavy (non-hydrogen) atoms. The standard InChI is InChI=1S/C14H26ClN3/c1-4-7-8-9-10-13(16-5-2)14-12(15)11-17-18(14)6-3/h11,13,16H,4-10H2,1-3H3. The molecular formula is C14H26ClN3. The van der Waals surface area contributed by atoms with Crippen LogP contribution >= 0.6 is 11.6 Å². The van der Waals surface area contributed by atoms with Crippen LogP contribution in [0.25, 0.3) is 0 Å². The van der Waals surface area contributed by atoms with Gasteiger partial charge in [-0.25, -0.2) is 0 Å². The van der Waals surface area contributed by atoms with Crippen molar-refractivity contribution in [3.8, 4) is 0 Å². The highest BCUT2D eigenvalue weighted by Gasteiger charge is 2.18. The van der Waals surface area contributed by atoms with Crippen molar-refractivity contribution in [1.82, 2.24) is 15.1 Å². The van der Waals surface area contributed by atoms with Gasteiger partial charge in [0.25, 0.3) is 0 Å². The van der Waals surface area contributed by atoms with Gasteiger partial charge < -0.3 is 5.32 Å². The number of rotatable bonds is 9. The third-order valence-electron chi connectivity index (χ3n) is 3.26. The lowest BCUT2D eigenvalue weighted by atomic mass is 10.0. The van der Waals surface area contributed by atoms with Gasteiger partial charge in [0.05, 0.1) is 23.0 Å². The summed E-state index contributed by atoms with van der Waals surface area (Å²) >= 11 is 6.27. The van der Waals surface area contributed by atoms with Crippen molar-refractivity contribution >= 4 is 11.6 Å². The van der Waals surface area contributed by atoms with Gasteiger partial charge in [-0.05, 0) is 19.9 Å². The van der Waals surface area contributed by atoms with Gasteiger partial charge in [-0.3, -0.25) is 4.68 Å². The molecule has 1 heterocycles. The number of aromatic nitrogens is 2. The molecule has 0 aliphatic heterocycles. The van der Waals surface area contributed by atoms with E-state index in [9.17, 15) is 0 Å². The first-order valence-electron chi connectivity index (χ1n) is 7.19. The number of aryl methyl sites for hydroxylation is 1. The van der Waals surface area contributed by atoms with Crippen molar-refractivity contribution in [2.75, 3.05) is 6.54 Å². The quantitative estimate of drug-likeness (QED) is 0.683. The van der Waals surface area contributed by atoms with Gasteiger partial charge >= 0.3 is 0 Å². The Labute approximate surface area is 116 Å². The predicted molar refractivity (Wildman–Crippen MR) is 78.1 cm³/mol. The largest absolute Gasteiger partial charge is 0.309 e. The Kier molecular flexibility index (Phi) is 7.36. The van der Waals surface area contributed by atoms with Gasteiger partial charge in [-0.15, -0.1) is 0 Å². The molecule has 1 rings (SSSR count). The van der Waals surface area contributed by atoms with Gasteiger partial charge in [-0.1, -0.05) is 51.1 Å². The molecular weight excluding hydrogens is 246 g/mol. The second kappa shape index (κ2) is 8.54. The number of nitrogens with one attached hydrogen (secondary N) is 1. The monoisotopic (exact) mass is 271 g/mol. The van der Waals surface area contributed by atoms with Crippen LogP contribution in [0.15, 0.2) is 6.20 Å². The molecule has 0 fully saturated rings. The molecule has 0 radical (unpaired) electrons. The van der Waals surface area contributed by atoms with Crippen molar-refractivity contribution in [2.24, 2.45) is 0 Å². The van der Waals surface area contributed by atoms with Gasteiger partial charge in [0.2, 0.25) is 0 Å². The van der Waals surface area contributed by atoms with E-state index in [1.807, 2.05) is 4.68 Å². The fourth-order valence-electron chi connectivity index (χ4n) is 2.33. The van der Waals surface area contributed by atoms with Crippen LogP contribution in [-0.2, 0) is 6.54 Å². The van der Waals surface area contributed by atoms with E-state index in [-0.39, 0.29) is 0 Å². The van der Waals surface area contributed by atoms with E-state index in [1.54, 1.807) is 6.20 Å². The molecule has 104 valence electrons. The van der Waals surface area contributed by atoms with E-state index < -0.39 is 0 Å². The Balaban J connectivity index is 2.67. The predicted octanol–water partition coefficient (Wildman–Crippen LogP) is 4.18. The van der Waals surface area contributed by atoms with Crippen LogP contribution in [0.5, 0.6) is 0 Å². The van der Waals surface area contributed by atoms with Crippen LogP contribution in [-0.4, -0.2) is 16.3 Å². The van der Waals surface area contributed by atoms with E-state index in [2.05, 4.69) is 31.2 Å². The van der Waals surface area contributed by atoms with Crippen LogP contribution in [0.4, 0.5) is 0 Å². The maximum absolute atomic E-state index is 6.27. The number of unbranched alkanes of at least 4 members (excludes halogenated alkanes) is 3. The van der Waals surface area contributed by atoms with E-state index in [4.69, 9.17) is 11.6 Å². The van der Waals surface area contributed by atoms with E-state index in [1.165, 1.54) is 25.7 Å². The van der Waals surface area contributed by atoms with Crippen molar-refractivity contribution in [2.45, 2.75) is 65.5 Å². The van der Waals surface area contributed by atoms with Crippen molar-refractivity contribution in [1.29, 1.82) is 0 Å². The third-order valence-corrected chi connectivity index (χ3v) is 3.55. The Hall–Kier alpha value is -0.540. The fourth-order valence-corrected chi connectivity index (χ4v) is 2.60. The molecule has 1 aromatic heterocycles. The maximum Gasteiger partial charge on any atom is 0.0834 e. The molecule has 0 amide bonds. The van der Waals surface area contributed by atoms with Crippen LogP contribution in [0.3, 0.4) is 0 Å². The summed E-state index contributed by atoms with van der Waals surface area (Å²) in [5.41, 5.74) is 1.15. The Bertz CT molecular complexity index is 336. The van der Waals surface area contributed by atoms with Crippen LogP contribution in [0.2, 0.25) is 5.02 Å². The lowest BCUT2D eigenvalue weighted by Crippen LogP contribution is -2.24. The zero-order valence-electron chi connectivity index (χ0n) is 11.9. The summed E-state index contributed by atoms with van der Waals surface area (Å²) in [5.74, 6) is 0. The first-order chi connectivity index (χ1) is 8.74. The van der Waals surface area contributed by atoms with Gasteiger partial charge in [0, 0.05) is 6.54 Å².